The van der Waals surface area contributed by atoms with E-state index in [1.54, 1.807) is 16.6 Å². The van der Waals surface area contributed by atoms with Gasteiger partial charge in [-0.15, -0.1) is 0 Å². The molecule has 0 spiro atoms. The first kappa shape index (κ1) is 9.08. The third-order valence-electron chi connectivity index (χ3n) is 3.22. The second kappa shape index (κ2) is 2.75. The quantitative estimate of drug-likeness (QED) is 0.509. The highest BCUT2D eigenvalue weighted by Crippen LogP contribution is 2.33. The molecule has 0 amide bonds. The predicted molar refractivity (Wildman–Crippen MR) is 59.0 cm³/mol. The number of hydrogen-bond acceptors (Lipinski definition) is 1. The summed E-state index contributed by atoms with van der Waals surface area (Å²) in [6.45, 7) is 10.3. The average molecular weight is 175 g/mol. The Morgan fingerprint density at radius 2 is 2.08 bits per heavy atom. The third kappa shape index (κ3) is 1.48. The van der Waals surface area contributed by atoms with Gasteiger partial charge in [0.25, 0.3) is 0 Å². The molecular weight excluding hydrogens is 157 g/mol. The minimum atomic E-state index is 0.318. The first-order chi connectivity index (χ1) is 5.98. The van der Waals surface area contributed by atoms with Crippen LogP contribution in [0.25, 0.3) is 0 Å². The van der Waals surface area contributed by atoms with Crippen molar-refractivity contribution in [2.45, 2.75) is 39.7 Å². The fourth-order valence-electron chi connectivity index (χ4n) is 2.12. The lowest BCUT2D eigenvalue weighted by atomic mass is 9.78. The van der Waals surface area contributed by atoms with E-state index >= 15 is 0 Å². The van der Waals surface area contributed by atoms with E-state index in [-0.39, 0.29) is 0 Å². The van der Waals surface area contributed by atoms with Crippen LogP contribution in [0.4, 0.5) is 0 Å². The topological polar surface area (TPSA) is 3.24 Å². The summed E-state index contributed by atoms with van der Waals surface area (Å²) in [7, 11) is 1.17. The van der Waals surface area contributed by atoms with Gasteiger partial charge in [0.15, 0.2) is 0 Å². The molecule has 2 rings (SSSR count). The molecule has 1 aliphatic heterocycles. The molecule has 2 heteroatoms. The molecule has 1 aliphatic carbocycles. The Kier molecular flexibility index (Phi) is 1.92. The van der Waals surface area contributed by atoms with Crippen LogP contribution in [0.3, 0.4) is 0 Å². The Labute approximate surface area is 81.8 Å². The van der Waals surface area contributed by atoms with Gasteiger partial charge in [-0.05, 0) is 39.7 Å². The van der Waals surface area contributed by atoms with Gasteiger partial charge < -0.3 is 4.81 Å². The van der Waals surface area contributed by atoms with Crippen LogP contribution in [0.5, 0.6) is 0 Å². The second-order valence-electron chi connectivity index (χ2n) is 5.22. The number of fused-ring (bicyclic) bond motifs is 1. The predicted octanol–water partition coefficient (Wildman–Crippen LogP) is 2.06. The molecule has 1 heterocycles. The monoisotopic (exact) mass is 175 g/mol. The van der Waals surface area contributed by atoms with Crippen LogP contribution >= 0.6 is 0 Å². The van der Waals surface area contributed by atoms with Crippen molar-refractivity contribution in [3.8, 4) is 0 Å². The molecule has 13 heavy (non-hydrogen) atoms. The molecule has 70 valence electrons. The molecule has 0 bridgehead atoms. The molecule has 2 aliphatic rings. The van der Waals surface area contributed by atoms with E-state index in [2.05, 4.69) is 38.6 Å². The van der Waals surface area contributed by atoms with E-state index < -0.39 is 0 Å². The van der Waals surface area contributed by atoms with Gasteiger partial charge in [-0.25, -0.2) is 0 Å². The average Bonchev–Trinajstić information content (AvgIpc) is 2.51. The normalized spacial score (nSPS) is 23.2. The van der Waals surface area contributed by atoms with Crippen molar-refractivity contribution < 1.29 is 0 Å². The zero-order valence-corrected chi connectivity index (χ0v) is 9.15. The molecule has 0 unspecified atom stereocenters. The highest BCUT2D eigenvalue weighted by molar-refractivity contribution is 6.46. The van der Waals surface area contributed by atoms with E-state index in [1.165, 1.54) is 13.8 Å². The Bertz CT molecular complexity index is 294. The Morgan fingerprint density at radius 1 is 1.38 bits per heavy atom. The molecule has 0 saturated carbocycles. The van der Waals surface area contributed by atoms with Crippen LogP contribution in [0, 0.1) is 0 Å². The molecule has 0 aromatic carbocycles. The molecular formula is C11H18BN. The van der Waals surface area contributed by atoms with Gasteiger partial charge in [-0.3, -0.25) is 0 Å². The van der Waals surface area contributed by atoms with Gasteiger partial charge >= 0.3 is 0 Å². The number of nitrogens with zero attached hydrogens (tertiary/aromatic N) is 1. The van der Waals surface area contributed by atoms with Crippen LogP contribution in [-0.2, 0) is 0 Å². The molecule has 0 atom stereocenters. The van der Waals surface area contributed by atoms with E-state index in [4.69, 9.17) is 0 Å². The number of rotatable bonds is 0. The lowest BCUT2D eigenvalue weighted by Crippen LogP contribution is -2.40. The summed E-state index contributed by atoms with van der Waals surface area (Å²) in [6.07, 6.45) is 3.60. The van der Waals surface area contributed by atoms with Crippen molar-refractivity contribution in [2.24, 2.45) is 0 Å². The van der Waals surface area contributed by atoms with E-state index in [0.717, 1.165) is 6.54 Å². The van der Waals surface area contributed by atoms with Crippen molar-refractivity contribution in [3.05, 3.63) is 22.7 Å². The zero-order chi connectivity index (χ0) is 9.64. The SMILES string of the molecule is CC1=C2BN(C(C)(C)C)CC2=CC1. The summed E-state index contributed by atoms with van der Waals surface area (Å²) in [4.78, 5) is 2.55. The minimum Gasteiger partial charge on any atom is -0.332 e. The highest BCUT2D eigenvalue weighted by atomic mass is 15.1. The smallest absolute Gasteiger partial charge is 0.239 e. The van der Waals surface area contributed by atoms with Crippen LogP contribution in [0.2, 0.25) is 0 Å². The lowest BCUT2D eigenvalue weighted by molar-refractivity contribution is 0.282. The van der Waals surface area contributed by atoms with Crippen molar-refractivity contribution >= 4 is 7.41 Å². The van der Waals surface area contributed by atoms with Gasteiger partial charge in [0, 0.05) is 12.1 Å². The van der Waals surface area contributed by atoms with Crippen LogP contribution in [-0.4, -0.2) is 24.3 Å². The summed E-state index contributed by atoms with van der Waals surface area (Å²) in [5.74, 6) is 0. The summed E-state index contributed by atoms with van der Waals surface area (Å²) in [6, 6.07) is 0. The summed E-state index contributed by atoms with van der Waals surface area (Å²) >= 11 is 0. The van der Waals surface area contributed by atoms with Crippen molar-refractivity contribution in [1.82, 2.24) is 4.81 Å². The van der Waals surface area contributed by atoms with Crippen molar-refractivity contribution in [2.75, 3.05) is 6.54 Å². The highest BCUT2D eigenvalue weighted by Gasteiger charge is 2.33. The minimum absolute atomic E-state index is 0.318. The molecule has 1 saturated heterocycles. The molecule has 0 aromatic heterocycles. The second-order valence-corrected chi connectivity index (χ2v) is 5.22. The van der Waals surface area contributed by atoms with Crippen molar-refractivity contribution in [3.63, 3.8) is 0 Å². The maximum Gasteiger partial charge on any atom is 0.239 e. The van der Waals surface area contributed by atoms with Gasteiger partial charge in [-0.2, -0.15) is 0 Å². The van der Waals surface area contributed by atoms with E-state index in [1.807, 2.05) is 0 Å². The molecule has 0 radical (unpaired) electrons. The number of allylic oxidation sites excluding steroid dienone is 2. The van der Waals surface area contributed by atoms with E-state index in [9.17, 15) is 0 Å². The summed E-state index contributed by atoms with van der Waals surface area (Å²) < 4.78 is 0. The van der Waals surface area contributed by atoms with E-state index in [0.29, 0.717) is 5.54 Å². The summed E-state index contributed by atoms with van der Waals surface area (Å²) in [5.41, 5.74) is 5.11. The largest absolute Gasteiger partial charge is 0.332 e. The standard InChI is InChI=1S/C11H18BN/c1-8-5-6-9-7-13(11(2,3)4)12-10(8)9/h6,12H,5,7H2,1-4H3. The Morgan fingerprint density at radius 3 is 2.62 bits per heavy atom. The Balaban J connectivity index is 2.20. The first-order valence-corrected chi connectivity index (χ1v) is 5.11. The molecule has 1 nitrogen and oxygen atoms in total. The van der Waals surface area contributed by atoms with Crippen LogP contribution < -0.4 is 0 Å². The molecule has 0 N–H and O–H groups in total. The molecule has 1 fully saturated rings. The zero-order valence-electron chi connectivity index (χ0n) is 9.15. The third-order valence-corrected chi connectivity index (χ3v) is 3.22. The maximum absolute atomic E-state index is 2.55. The number of hydrogen-bond donors (Lipinski definition) is 0. The maximum atomic E-state index is 2.55. The van der Waals surface area contributed by atoms with Gasteiger partial charge in [-0.1, -0.05) is 17.1 Å². The fourth-order valence-corrected chi connectivity index (χ4v) is 2.12. The fraction of sp³-hybridized carbons (Fsp3) is 0.636. The Hall–Kier alpha value is -0.495. The summed E-state index contributed by atoms with van der Waals surface area (Å²) in [5, 5.41) is 0. The first-order valence-electron chi connectivity index (χ1n) is 5.11. The molecule has 0 aromatic rings. The van der Waals surface area contributed by atoms with Gasteiger partial charge in [0.2, 0.25) is 7.41 Å². The van der Waals surface area contributed by atoms with Crippen molar-refractivity contribution in [1.29, 1.82) is 0 Å². The van der Waals surface area contributed by atoms with Crippen LogP contribution in [0.15, 0.2) is 22.7 Å². The van der Waals surface area contributed by atoms with Gasteiger partial charge in [0.05, 0.1) is 0 Å². The lowest BCUT2D eigenvalue weighted by Gasteiger charge is -2.31. The van der Waals surface area contributed by atoms with Gasteiger partial charge in [0.1, 0.15) is 0 Å². The van der Waals surface area contributed by atoms with Crippen LogP contribution in [0.1, 0.15) is 34.1 Å².